The van der Waals surface area contributed by atoms with Gasteiger partial charge in [-0.05, 0) is 40.8 Å². The van der Waals surface area contributed by atoms with Crippen LogP contribution < -0.4 is 39.6 Å². The van der Waals surface area contributed by atoms with Crippen LogP contribution in [0.3, 0.4) is 0 Å². The summed E-state index contributed by atoms with van der Waals surface area (Å²) in [6.45, 7) is 3.11. The quantitative estimate of drug-likeness (QED) is 0.204. The molecule has 0 N–H and O–H groups in total. The van der Waals surface area contributed by atoms with Crippen molar-refractivity contribution in [3.05, 3.63) is 90.0 Å². The normalized spacial score (nSPS) is 10.9. The third-order valence-corrected chi connectivity index (χ3v) is 5.05. The van der Waals surface area contributed by atoms with Crippen molar-refractivity contribution in [1.29, 1.82) is 0 Å². The molecule has 32 heavy (non-hydrogen) atoms. The molecule has 0 aromatic heterocycles. The summed E-state index contributed by atoms with van der Waals surface area (Å²) in [7, 11) is 1.94. The third-order valence-electron chi connectivity index (χ3n) is 5.05. The minimum atomic E-state index is -1.08. The number of carbonyl (C=O) groups is 1. The van der Waals surface area contributed by atoms with Gasteiger partial charge in [0.25, 0.3) is 0 Å². The number of benzene rings is 3. The van der Waals surface area contributed by atoms with Crippen LogP contribution in [-0.2, 0) is 16.1 Å². The van der Waals surface area contributed by atoms with Crippen molar-refractivity contribution >= 4 is 17.4 Å². The van der Waals surface area contributed by atoms with Crippen molar-refractivity contribution in [2.75, 3.05) is 25.1 Å². The molecule has 0 unspecified atom stereocenters. The van der Waals surface area contributed by atoms with Gasteiger partial charge in [0.05, 0.1) is 12.3 Å². The molecule has 0 aliphatic rings. The Morgan fingerprint density at radius 1 is 0.969 bits per heavy atom. The van der Waals surface area contributed by atoms with E-state index in [0.29, 0.717) is 13.2 Å². The summed E-state index contributed by atoms with van der Waals surface area (Å²) >= 11 is 0. The maximum atomic E-state index is 10.8. The summed E-state index contributed by atoms with van der Waals surface area (Å²) in [6.07, 6.45) is 0.678. The number of nitrogens with zero attached hydrogens (tertiary/aromatic N) is 2. The summed E-state index contributed by atoms with van der Waals surface area (Å²) in [5.74, 6) is -1.08. The summed E-state index contributed by atoms with van der Waals surface area (Å²) < 4.78 is 0. The first-order valence-electron chi connectivity index (χ1n) is 10.4. The Hall–Kier alpha value is -2.60. The number of anilines is 1. The summed E-state index contributed by atoms with van der Waals surface area (Å²) in [5, 5.41) is 15.1. The van der Waals surface area contributed by atoms with E-state index in [-0.39, 0.29) is 36.0 Å². The number of hydrogen-bond acceptors (Lipinski definition) is 5. The molecule has 3 rings (SSSR count). The van der Waals surface area contributed by atoms with E-state index in [0.717, 1.165) is 28.9 Å². The third kappa shape index (κ3) is 7.52. The average Bonchev–Trinajstić information content (AvgIpc) is 2.79. The minimum absolute atomic E-state index is 0. The Balaban J connectivity index is 0.00000363. The second-order valence-corrected chi connectivity index (χ2v) is 7.31. The van der Waals surface area contributed by atoms with Crippen LogP contribution in [0.4, 0.5) is 5.69 Å². The van der Waals surface area contributed by atoms with Gasteiger partial charge in [0.1, 0.15) is 6.61 Å². The fourth-order valence-electron chi connectivity index (χ4n) is 3.31. The largest absolute Gasteiger partial charge is 1.00 e. The SMILES string of the molecule is CC/C(=N\OCCN(C)c1cccc(CC(=O)[O-])c1)c1ccc(-c2ccccc2)cc1.[Na+]. The Morgan fingerprint density at radius 2 is 1.66 bits per heavy atom. The van der Waals surface area contributed by atoms with Crippen molar-refractivity contribution in [2.45, 2.75) is 19.8 Å². The second-order valence-electron chi connectivity index (χ2n) is 7.31. The molecule has 0 aliphatic carbocycles. The maximum absolute atomic E-state index is 10.8. The Morgan fingerprint density at radius 3 is 2.31 bits per heavy atom. The van der Waals surface area contributed by atoms with E-state index in [1.165, 1.54) is 11.1 Å². The van der Waals surface area contributed by atoms with E-state index in [2.05, 4.69) is 48.5 Å². The first kappa shape index (κ1) is 25.7. The molecule has 0 radical (unpaired) electrons. The first-order chi connectivity index (χ1) is 15.1. The zero-order valence-corrected chi connectivity index (χ0v) is 21.0. The van der Waals surface area contributed by atoms with Gasteiger partial charge in [0.2, 0.25) is 0 Å². The van der Waals surface area contributed by atoms with Crippen LogP contribution in [0.5, 0.6) is 0 Å². The first-order valence-corrected chi connectivity index (χ1v) is 10.4. The van der Waals surface area contributed by atoms with E-state index in [9.17, 15) is 9.90 Å². The van der Waals surface area contributed by atoms with E-state index in [1.807, 2.05) is 48.3 Å². The fourth-order valence-corrected chi connectivity index (χ4v) is 3.31. The van der Waals surface area contributed by atoms with Gasteiger partial charge in [-0.25, -0.2) is 0 Å². The Labute approximate surface area is 212 Å². The van der Waals surface area contributed by atoms with Gasteiger partial charge in [0.15, 0.2) is 0 Å². The number of oxime groups is 1. The number of hydrogen-bond donors (Lipinski definition) is 0. The van der Waals surface area contributed by atoms with E-state index in [4.69, 9.17) is 4.84 Å². The molecule has 0 bridgehead atoms. The molecule has 0 saturated heterocycles. The van der Waals surface area contributed by atoms with Gasteiger partial charge < -0.3 is 19.6 Å². The standard InChI is InChI=1S/C26H28N2O3.Na/c1-3-25(23-14-12-22(13-15-23)21-9-5-4-6-10-21)27-31-17-16-28(2)24-11-7-8-20(18-24)19-26(29)30;/h4-15,18H,3,16-17,19H2,1-2H3,(H,29,30);/q;+1/p-1/b27-25+;. The minimum Gasteiger partial charge on any atom is -0.550 e. The molecule has 0 spiro atoms. The zero-order chi connectivity index (χ0) is 22.1. The molecule has 0 saturated carbocycles. The van der Waals surface area contributed by atoms with Crippen LogP contribution in [0, 0.1) is 0 Å². The average molecular weight is 439 g/mol. The summed E-state index contributed by atoms with van der Waals surface area (Å²) in [6, 6.07) is 26.0. The number of carboxylic acids is 1. The number of carbonyl (C=O) groups excluding carboxylic acids is 1. The number of likely N-dealkylation sites (N-methyl/N-ethyl adjacent to an activating group) is 1. The van der Waals surface area contributed by atoms with Gasteiger partial charge >= 0.3 is 29.6 Å². The smallest absolute Gasteiger partial charge is 0.550 e. The van der Waals surface area contributed by atoms with Crippen LogP contribution in [0.15, 0.2) is 84.0 Å². The molecular weight excluding hydrogens is 411 g/mol. The maximum Gasteiger partial charge on any atom is 1.00 e. The Bertz CT molecular complexity index is 1020. The molecule has 5 nitrogen and oxygen atoms in total. The number of rotatable bonds is 10. The van der Waals surface area contributed by atoms with Gasteiger partial charge in [-0.1, -0.05) is 78.8 Å². The molecule has 0 heterocycles. The van der Waals surface area contributed by atoms with Gasteiger partial charge in [0, 0.05) is 25.1 Å². The van der Waals surface area contributed by atoms with Crippen molar-refractivity contribution in [3.8, 4) is 11.1 Å². The fraction of sp³-hybridized carbons (Fsp3) is 0.231. The van der Waals surface area contributed by atoms with Crippen LogP contribution in [0.2, 0.25) is 0 Å². The summed E-state index contributed by atoms with van der Waals surface area (Å²) in [4.78, 5) is 18.4. The molecule has 3 aromatic rings. The van der Waals surface area contributed by atoms with Crippen molar-refractivity contribution in [1.82, 2.24) is 0 Å². The predicted molar refractivity (Wildman–Crippen MR) is 123 cm³/mol. The summed E-state index contributed by atoms with van der Waals surface area (Å²) in [5.41, 5.74) is 5.95. The second kappa shape index (κ2) is 13.1. The van der Waals surface area contributed by atoms with Crippen molar-refractivity contribution in [3.63, 3.8) is 0 Å². The zero-order valence-electron chi connectivity index (χ0n) is 19.0. The molecule has 0 atom stereocenters. The van der Waals surface area contributed by atoms with Gasteiger partial charge in [-0.2, -0.15) is 0 Å². The van der Waals surface area contributed by atoms with Crippen LogP contribution in [0.1, 0.15) is 24.5 Å². The van der Waals surface area contributed by atoms with Crippen LogP contribution in [0.25, 0.3) is 11.1 Å². The van der Waals surface area contributed by atoms with E-state index >= 15 is 0 Å². The molecular formula is C26H27N2NaO3. The van der Waals surface area contributed by atoms with Gasteiger partial charge in [-0.15, -0.1) is 0 Å². The van der Waals surface area contributed by atoms with Gasteiger partial charge in [-0.3, -0.25) is 0 Å². The topological polar surface area (TPSA) is 65.0 Å². The van der Waals surface area contributed by atoms with Crippen LogP contribution in [-0.4, -0.2) is 31.9 Å². The molecule has 160 valence electrons. The predicted octanol–water partition coefficient (Wildman–Crippen LogP) is 0.917. The van der Waals surface area contributed by atoms with Crippen molar-refractivity contribution in [2.24, 2.45) is 5.16 Å². The molecule has 0 fully saturated rings. The molecule has 0 amide bonds. The monoisotopic (exact) mass is 438 g/mol. The molecule has 3 aromatic carbocycles. The van der Waals surface area contributed by atoms with E-state index in [1.54, 1.807) is 6.07 Å². The van der Waals surface area contributed by atoms with Crippen LogP contribution >= 0.6 is 0 Å². The Kier molecular flexibility index (Phi) is 10.5. The number of aliphatic carboxylic acids is 1. The molecule has 6 heteroatoms. The molecule has 0 aliphatic heterocycles. The number of carboxylic acid groups (broad SMARTS) is 1. The van der Waals surface area contributed by atoms with Crippen molar-refractivity contribution < 1.29 is 44.3 Å². The van der Waals surface area contributed by atoms with E-state index < -0.39 is 5.97 Å².